The predicted octanol–water partition coefficient (Wildman–Crippen LogP) is 2.32. The molecule has 5 nitrogen and oxygen atoms in total. The second-order valence-corrected chi connectivity index (χ2v) is 5.90. The number of benzene rings is 1. The first-order valence-electron chi connectivity index (χ1n) is 6.45. The molecule has 0 aliphatic carbocycles. The van der Waals surface area contributed by atoms with Gasteiger partial charge in [-0.2, -0.15) is 0 Å². The van der Waals surface area contributed by atoms with Gasteiger partial charge in [0.2, 0.25) is 5.91 Å². The van der Waals surface area contributed by atoms with Crippen molar-refractivity contribution in [1.29, 1.82) is 0 Å². The fourth-order valence-electron chi connectivity index (χ4n) is 2.45. The first-order chi connectivity index (χ1) is 9.63. The monoisotopic (exact) mass is 334 g/mol. The first-order valence-corrected chi connectivity index (χ1v) is 7.25. The third kappa shape index (κ3) is 2.62. The summed E-state index contributed by atoms with van der Waals surface area (Å²) >= 11 is 3.41. The van der Waals surface area contributed by atoms with Crippen LogP contribution in [0.25, 0.3) is 0 Å². The van der Waals surface area contributed by atoms with Crippen molar-refractivity contribution in [2.45, 2.75) is 25.6 Å². The van der Waals surface area contributed by atoms with E-state index in [2.05, 4.69) is 38.5 Å². The van der Waals surface area contributed by atoms with Crippen molar-refractivity contribution >= 4 is 27.5 Å². The van der Waals surface area contributed by atoms with E-state index in [9.17, 15) is 4.79 Å². The Morgan fingerprint density at radius 3 is 3.15 bits per heavy atom. The van der Waals surface area contributed by atoms with Crippen LogP contribution in [-0.2, 0) is 11.3 Å². The Hall–Kier alpha value is -1.66. The summed E-state index contributed by atoms with van der Waals surface area (Å²) in [6.45, 7) is 2.83. The molecule has 1 aliphatic rings. The highest BCUT2D eigenvalue weighted by atomic mass is 79.9. The van der Waals surface area contributed by atoms with Gasteiger partial charge in [0, 0.05) is 40.7 Å². The smallest absolute Gasteiger partial charge is 0.246 e. The zero-order valence-corrected chi connectivity index (χ0v) is 12.6. The Labute approximate surface area is 125 Å². The van der Waals surface area contributed by atoms with Gasteiger partial charge in [-0.1, -0.05) is 22.0 Å². The Balaban J connectivity index is 1.73. The molecule has 1 aliphatic heterocycles. The molecular weight excluding hydrogens is 320 g/mol. The molecule has 0 saturated heterocycles. The molecule has 0 spiro atoms. The molecule has 2 N–H and O–H groups in total. The van der Waals surface area contributed by atoms with Crippen LogP contribution < -0.4 is 10.6 Å². The minimum atomic E-state index is -0.295. The Morgan fingerprint density at radius 2 is 2.40 bits per heavy atom. The standard InChI is InChI=1S/C14H15BrN4O/c1-9(7-19-5-4-16-8-19)17-13-11-3-2-10(15)6-12(11)18-14(13)20/h2-6,8-9,13,17H,7H2,1H3,(H,18,20). The molecule has 0 bridgehead atoms. The summed E-state index contributed by atoms with van der Waals surface area (Å²) in [6.07, 6.45) is 5.44. The van der Waals surface area contributed by atoms with Gasteiger partial charge in [0.15, 0.2) is 0 Å². The number of nitrogens with zero attached hydrogens (tertiary/aromatic N) is 2. The van der Waals surface area contributed by atoms with E-state index in [1.807, 2.05) is 29.0 Å². The van der Waals surface area contributed by atoms with Crippen molar-refractivity contribution in [2.24, 2.45) is 0 Å². The Kier molecular flexibility index (Phi) is 3.58. The number of hydrogen-bond donors (Lipinski definition) is 2. The van der Waals surface area contributed by atoms with Crippen LogP contribution in [-0.4, -0.2) is 21.5 Å². The molecule has 1 amide bonds. The van der Waals surface area contributed by atoms with E-state index in [-0.39, 0.29) is 18.0 Å². The number of nitrogens with one attached hydrogen (secondary N) is 2. The van der Waals surface area contributed by atoms with Gasteiger partial charge in [0.1, 0.15) is 6.04 Å². The number of halogens is 1. The number of hydrogen-bond acceptors (Lipinski definition) is 3. The van der Waals surface area contributed by atoms with Gasteiger partial charge in [0.05, 0.1) is 6.33 Å². The summed E-state index contributed by atoms with van der Waals surface area (Å²) in [4.78, 5) is 16.1. The molecule has 0 saturated carbocycles. The maximum absolute atomic E-state index is 12.1. The third-order valence-electron chi connectivity index (χ3n) is 3.34. The van der Waals surface area contributed by atoms with E-state index < -0.39 is 0 Å². The number of rotatable bonds is 4. The minimum absolute atomic E-state index is 0.00409. The van der Waals surface area contributed by atoms with Gasteiger partial charge < -0.3 is 9.88 Å². The van der Waals surface area contributed by atoms with Gasteiger partial charge in [-0.25, -0.2) is 4.98 Å². The molecule has 6 heteroatoms. The van der Waals surface area contributed by atoms with Crippen LogP contribution in [0.5, 0.6) is 0 Å². The molecule has 2 heterocycles. The SMILES string of the molecule is CC(Cn1ccnc1)NC1C(=O)Nc2cc(Br)ccc21. The average Bonchev–Trinajstić information content (AvgIpc) is 2.98. The number of carbonyl (C=O) groups is 1. The maximum atomic E-state index is 12.1. The highest BCUT2D eigenvalue weighted by Gasteiger charge is 2.31. The van der Waals surface area contributed by atoms with E-state index in [0.717, 1.165) is 22.3 Å². The van der Waals surface area contributed by atoms with Crippen LogP contribution in [0, 0.1) is 0 Å². The molecule has 104 valence electrons. The van der Waals surface area contributed by atoms with Crippen molar-refractivity contribution in [3.8, 4) is 0 Å². The molecule has 0 radical (unpaired) electrons. The number of fused-ring (bicyclic) bond motifs is 1. The topological polar surface area (TPSA) is 59.0 Å². The lowest BCUT2D eigenvalue weighted by Gasteiger charge is -2.18. The summed E-state index contributed by atoms with van der Waals surface area (Å²) in [5.41, 5.74) is 1.87. The van der Waals surface area contributed by atoms with E-state index in [1.165, 1.54) is 0 Å². The van der Waals surface area contributed by atoms with Gasteiger partial charge in [-0.3, -0.25) is 10.1 Å². The molecule has 20 heavy (non-hydrogen) atoms. The summed E-state index contributed by atoms with van der Waals surface area (Å²) in [5, 5.41) is 6.27. The normalized spacial score (nSPS) is 18.7. The van der Waals surface area contributed by atoms with Crippen LogP contribution in [0.4, 0.5) is 5.69 Å². The van der Waals surface area contributed by atoms with E-state index >= 15 is 0 Å². The zero-order chi connectivity index (χ0) is 14.1. The lowest BCUT2D eigenvalue weighted by Crippen LogP contribution is -2.36. The largest absolute Gasteiger partial charge is 0.336 e. The van der Waals surface area contributed by atoms with E-state index in [4.69, 9.17) is 0 Å². The Bertz CT molecular complexity index is 626. The number of aromatic nitrogens is 2. The molecule has 3 rings (SSSR count). The maximum Gasteiger partial charge on any atom is 0.246 e. The number of imidazole rings is 1. The molecule has 1 aromatic heterocycles. The van der Waals surface area contributed by atoms with Gasteiger partial charge >= 0.3 is 0 Å². The van der Waals surface area contributed by atoms with Crippen LogP contribution in [0.15, 0.2) is 41.4 Å². The van der Waals surface area contributed by atoms with Crippen molar-refractivity contribution < 1.29 is 4.79 Å². The second-order valence-electron chi connectivity index (χ2n) is 4.98. The van der Waals surface area contributed by atoms with Crippen LogP contribution >= 0.6 is 15.9 Å². The van der Waals surface area contributed by atoms with Gasteiger partial charge in [0.25, 0.3) is 0 Å². The molecule has 0 fully saturated rings. The second kappa shape index (κ2) is 5.38. The lowest BCUT2D eigenvalue weighted by atomic mass is 10.1. The zero-order valence-electron chi connectivity index (χ0n) is 11.0. The van der Waals surface area contributed by atoms with Gasteiger partial charge in [-0.15, -0.1) is 0 Å². The highest BCUT2D eigenvalue weighted by Crippen LogP contribution is 2.33. The van der Waals surface area contributed by atoms with Crippen LogP contribution in [0.3, 0.4) is 0 Å². The summed E-state index contributed by atoms with van der Waals surface area (Å²) in [5.74, 6) is -0.00409. The first kappa shape index (κ1) is 13.3. The molecular formula is C14H15BrN4O. The summed E-state index contributed by atoms with van der Waals surface area (Å²) in [7, 11) is 0. The average molecular weight is 335 g/mol. The summed E-state index contributed by atoms with van der Waals surface area (Å²) in [6, 6.07) is 5.72. The minimum Gasteiger partial charge on any atom is -0.336 e. The predicted molar refractivity (Wildman–Crippen MR) is 80.3 cm³/mol. The highest BCUT2D eigenvalue weighted by molar-refractivity contribution is 9.10. The fraction of sp³-hybridized carbons (Fsp3) is 0.286. The van der Waals surface area contributed by atoms with Crippen LogP contribution in [0.2, 0.25) is 0 Å². The van der Waals surface area contributed by atoms with Crippen molar-refractivity contribution in [3.63, 3.8) is 0 Å². The number of anilines is 1. The molecule has 2 unspecified atom stereocenters. The molecule has 2 atom stereocenters. The van der Waals surface area contributed by atoms with Crippen LogP contribution in [0.1, 0.15) is 18.5 Å². The van der Waals surface area contributed by atoms with Crippen molar-refractivity contribution in [2.75, 3.05) is 5.32 Å². The summed E-state index contributed by atoms with van der Waals surface area (Å²) < 4.78 is 2.95. The number of amides is 1. The fourth-order valence-corrected chi connectivity index (χ4v) is 2.81. The number of carbonyl (C=O) groups excluding carboxylic acids is 1. The molecule has 1 aromatic carbocycles. The van der Waals surface area contributed by atoms with Crippen molar-refractivity contribution in [3.05, 3.63) is 47.0 Å². The van der Waals surface area contributed by atoms with E-state index in [1.54, 1.807) is 12.5 Å². The lowest BCUT2D eigenvalue weighted by molar-refractivity contribution is -0.117. The quantitative estimate of drug-likeness (QED) is 0.902. The Morgan fingerprint density at radius 1 is 1.55 bits per heavy atom. The molecule has 2 aromatic rings. The van der Waals surface area contributed by atoms with E-state index in [0.29, 0.717) is 0 Å². The third-order valence-corrected chi connectivity index (χ3v) is 3.83. The van der Waals surface area contributed by atoms with Gasteiger partial charge in [-0.05, 0) is 19.1 Å². The van der Waals surface area contributed by atoms with Crippen molar-refractivity contribution in [1.82, 2.24) is 14.9 Å².